The van der Waals surface area contributed by atoms with Crippen molar-refractivity contribution in [2.24, 2.45) is 0 Å². The number of hydrogen-bond donors (Lipinski definition) is 1. The first-order chi connectivity index (χ1) is 10.7. The predicted octanol–water partition coefficient (Wildman–Crippen LogP) is 2.55. The Hall–Kier alpha value is -2.29. The smallest absolute Gasteiger partial charge is 0.405 e. The van der Waals surface area contributed by atoms with Crippen molar-refractivity contribution in [2.75, 3.05) is 6.54 Å². The fourth-order valence-electron chi connectivity index (χ4n) is 1.83. The maximum Gasteiger partial charge on any atom is 0.405 e. The van der Waals surface area contributed by atoms with E-state index in [2.05, 4.69) is 0 Å². The van der Waals surface area contributed by atoms with Gasteiger partial charge in [0, 0.05) is 5.56 Å². The number of benzene rings is 1. The van der Waals surface area contributed by atoms with Gasteiger partial charge in [0.15, 0.2) is 15.6 Å². The van der Waals surface area contributed by atoms with Gasteiger partial charge in [-0.1, -0.05) is 18.2 Å². The number of alkyl halides is 3. The number of carbonyl (C=O) groups excluding carboxylic acids is 1. The third-order valence-electron chi connectivity index (χ3n) is 2.85. The number of halogens is 3. The first-order valence-corrected chi connectivity index (χ1v) is 8.03. The van der Waals surface area contributed by atoms with Crippen LogP contribution in [-0.2, 0) is 15.6 Å². The molecule has 0 spiro atoms. The molecule has 0 saturated heterocycles. The number of nitrogens with one attached hydrogen (secondary N) is 1. The zero-order chi connectivity index (χ0) is 17.1. The van der Waals surface area contributed by atoms with Crippen LogP contribution in [0.3, 0.4) is 0 Å². The molecule has 0 saturated carbocycles. The molecule has 0 bridgehead atoms. The standard InChI is InChI=1S/C14H12F3NO4S/c15-14(16,17)9-18-13(19)12-10(6-7-22-12)8-23(20,21)11-4-2-1-3-5-11/h1-7H,8-9H2,(H,18,19). The van der Waals surface area contributed by atoms with Gasteiger partial charge in [-0.3, -0.25) is 4.79 Å². The quantitative estimate of drug-likeness (QED) is 0.902. The Morgan fingerprint density at radius 2 is 1.78 bits per heavy atom. The van der Waals surface area contributed by atoms with E-state index in [4.69, 9.17) is 4.42 Å². The van der Waals surface area contributed by atoms with Crippen LogP contribution >= 0.6 is 0 Å². The third-order valence-corrected chi connectivity index (χ3v) is 4.53. The van der Waals surface area contributed by atoms with E-state index in [9.17, 15) is 26.4 Å². The second-order valence-corrected chi connectivity index (χ2v) is 6.63. The first-order valence-electron chi connectivity index (χ1n) is 6.38. The summed E-state index contributed by atoms with van der Waals surface area (Å²) in [6.45, 7) is -1.53. The van der Waals surface area contributed by atoms with Crippen LogP contribution in [0.15, 0.2) is 52.0 Å². The molecule has 0 aliphatic heterocycles. The molecule has 0 atom stereocenters. The summed E-state index contributed by atoms with van der Waals surface area (Å²) in [5.74, 6) is -2.12. The van der Waals surface area contributed by atoms with Crippen LogP contribution in [-0.4, -0.2) is 27.0 Å². The minimum Gasteiger partial charge on any atom is -0.459 e. The highest BCUT2D eigenvalue weighted by Gasteiger charge is 2.29. The van der Waals surface area contributed by atoms with Crippen molar-refractivity contribution in [2.45, 2.75) is 16.8 Å². The maximum atomic E-state index is 12.2. The van der Waals surface area contributed by atoms with Gasteiger partial charge in [0.2, 0.25) is 0 Å². The molecule has 2 rings (SSSR count). The summed E-state index contributed by atoms with van der Waals surface area (Å²) in [5, 5.41) is 1.64. The molecule has 1 aromatic heterocycles. The summed E-state index contributed by atoms with van der Waals surface area (Å²) < 4.78 is 65.6. The zero-order valence-electron chi connectivity index (χ0n) is 11.6. The Kier molecular flexibility index (Phi) is 4.79. The topological polar surface area (TPSA) is 76.4 Å². The normalized spacial score (nSPS) is 12.1. The number of furan rings is 1. The minimum atomic E-state index is -4.57. The second-order valence-electron chi connectivity index (χ2n) is 4.64. The zero-order valence-corrected chi connectivity index (χ0v) is 12.4. The average Bonchev–Trinajstić information content (AvgIpc) is 2.92. The van der Waals surface area contributed by atoms with Gasteiger partial charge in [-0.2, -0.15) is 13.2 Å². The van der Waals surface area contributed by atoms with Gasteiger partial charge >= 0.3 is 6.18 Å². The molecule has 0 radical (unpaired) electrons. The molecule has 0 fully saturated rings. The van der Waals surface area contributed by atoms with Gasteiger partial charge in [-0.15, -0.1) is 0 Å². The number of hydrogen-bond acceptors (Lipinski definition) is 4. The second kappa shape index (κ2) is 6.45. The van der Waals surface area contributed by atoms with Gasteiger partial charge in [0.25, 0.3) is 5.91 Å². The Balaban J connectivity index is 2.17. The molecule has 9 heteroatoms. The third kappa shape index (κ3) is 4.59. The first kappa shape index (κ1) is 17.1. The molecule has 5 nitrogen and oxygen atoms in total. The van der Waals surface area contributed by atoms with Crippen LogP contribution < -0.4 is 5.32 Å². The molecule has 1 heterocycles. The van der Waals surface area contributed by atoms with Gasteiger partial charge in [-0.05, 0) is 18.2 Å². The van der Waals surface area contributed by atoms with E-state index >= 15 is 0 Å². The summed E-state index contributed by atoms with van der Waals surface area (Å²) in [6.07, 6.45) is -3.52. The molecule has 1 aromatic carbocycles. The molecule has 0 unspecified atom stereocenters. The minimum absolute atomic E-state index is 0.00599. The summed E-state index contributed by atoms with van der Waals surface area (Å²) >= 11 is 0. The Labute approximate surface area is 130 Å². The Morgan fingerprint density at radius 1 is 1.13 bits per heavy atom. The van der Waals surface area contributed by atoms with E-state index in [1.54, 1.807) is 23.5 Å². The molecule has 0 aliphatic carbocycles. The van der Waals surface area contributed by atoms with Crippen LogP contribution in [0.5, 0.6) is 0 Å². The van der Waals surface area contributed by atoms with Crippen LogP contribution in [0.25, 0.3) is 0 Å². The molecule has 2 aromatic rings. The van der Waals surface area contributed by atoms with Gasteiger partial charge < -0.3 is 9.73 Å². The van der Waals surface area contributed by atoms with Crippen LogP contribution in [0.1, 0.15) is 16.1 Å². The fraction of sp³-hybridized carbons (Fsp3) is 0.214. The van der Waals surface area contributed by atoms with Gasteiger partial charge in [0.1, 0.15) is 6.54 Å². The van der Waals surface area contributed by atoms with E-state index in [0.717, 1.165) is 6.26 Å². The molecule has 1 amide bonds. The van der Waals surface area contributed by atoms with E-state index in [0.29, 0.717) is 0 Å². The molecule has 0 aliphatic rings. The lowest BCUT2D eigenvalue weighted by molar-refractivity contribution is -0.123. The SMILES string of the molecule is O=C(NCC(F)(F)F)c1occc1CS(=O)(=O)c1ccccc1. The maximum absolute atomic E-state index is 12.2. The molecule has 23 heavy (non-hydrogen) atoms. The number of amides is 1. The summed E-state index contributed by atoms with van der Waals surface area (Å²) in [6, 6.07) is 8.74. The lowest BCUT2D eigenvalue weighted by Crippen LogP contribution is -2.34. The van der Waals surface area contributed by atoms with Crippen molar-refractivity contribution < 1.29 is 30.8 Å². The average molecular weight is 347 g/mol. The molecule has 124 valence electrons. The van der Waals surface area contributed by atoms with Crippen LogP contribution in [0.2, 0.25) is 0 Å². The number of sulfone groups is 1. The van der Waals surface area contributed by atoms with E-state index in [1.807, 2.05) is 0 Å². The van der Waals surface area contributed by atoms with Crippen molar-refractivity contribution in [3.05, 3.63) is 54.0 Å². The number of rotatable bonds is 5. The summed E-state index contributed by atoms with van der Waals surface area (Å²) in [4.78, 5) is 11.7. The fourth-order valence-corrected chi connectivity index (χ4v) is 3.20. The number of carbonyl (C=O) groups is 1. The van der Waals surface area contributed by atoms with Crippen molar-refractivity contribution >= 4 is 15.7 Å². The molecule has 1 N–H and O–H groups in total. The van der Waals surface area contributed by atoms with Gasteiger partial charge in [-0.25, -0.2) is 8.42 Å². The van der Waals surface area contributed by atoms with Crippen molar-refractivity contribution in [3.8, 4) is 0 Å². The molecular weight excluding hydrogens is 335 g/mol. The van der Waals surface area contributed by atoms with Crippen LogP contribution in [0, 0.1) is 0 Å². The highest BCUT2D eigenvalue weighted by molar-refractivity contribution is 7.90. The lowest BCUT2D eigenvalue weighted by atomic mass is 10.2. The van der Waals surface area contributed by atoms with Crippen molar-refractivity contribution in [1.29, 1.82) is 0 Å². The van der Waals surface area contributed by atoms with E-state index in [1.165, 1.54) is 18.2 Å². The highest BCUT2D eigenvalue weighted by Crippen LogP contribution is 2.20. The lowest BCUT2D eigenvalue weighted by Gasteiger charge is -2.08. The van der Waals surface area contributed by atoms with Crippen LogP contribution in [0.4, 0.5) is 13.2 Å². The van der Waals surface area contributed by atoms with Crippen molar-refractivity contribution in [3.63, 3.8) is 0 Å². The molecular formula is C14H12F3NO4S. The largest absolute Gasteiger partial charge is 0.459 e. The monoisotopic (exact) mass is 347 g/mol. The summed E-state index contributed by atoms with van der Waals surface area (Å²) in [7, 11) is -3.74. The van der Waals surface area contributed by atoms with Gasteiger partial charge in [0.05, 0.1) is 16.9 Å². The Bertz CT molecular complexity index is 782. The predicted molar refractivity (Wildman–Crippen MR) is 74.4 cm³/mol. The summed E-state index contributed by atoms with van der Waals surface area (Å²) in [5.41, 5.74) is -0.00599. The highest BCUT2D eigenvalue weighted by atomic mass is 32.2. The van der Waals surface area contributed by atoms with Crippen molar-refractivity contribution in [1.82, 2.24) is 5.32 Å². The Morgan fingerprint density at radius 3 is 2.39 bits per heavy atom. The van der Waals surface area contributed by atoms with E-state index < -0.39 is 40.0 Å². The van der Waals surface area contributed by atoms with E-state index in [-0.39, 0.29) is 10.5 Å².